The maximum absolute atomic E-state index is 12.1. The first kappa shape index (κ1) is 15.4. The second-order valence-corrected chi connectivity index (χ2v) is 6.73. The van der Waals surface area contributed by atoms with Crippen LogP contribution in [0.3, 0.4) is 0 Å². The number of rotatable bonds is 4. The van der Waals surface area contributed by atoms with Crippen molar-refractivity contribution in [1.29, 1.82) is 0 Å². The van der Waals surface area contributed by atoms with Gasteiger partial charge >= 0.3 is 0 Å². The van der Waals surface area contributed by atoms with E-state index < -0.39 is 0 Å². The van der Waals surface area contributed by atoms with Crippen molar-refractivity contribution in [3.8, 4) is 0 Å². The molecule has 1 fully saturated rings. The highest BCUT2D eigenvalue weighted by atomic mass is 35.5. The minimum Gasteiger partial charge on any atom is -0.352 e. The Morgan fingerprint density at radius 3 is 2.60 bits per heavy atom. The van der Waals surface area contributed by atoms with Gasteiger partial charge in [-0.05, 0) is 48.8 Å². The molecular weight excluding hydrogens is 270 g/mol. The molecule has 0 radical (unpaired) electrons. The van der Waals surface area contributed by atoms with Crippen LogP contribution < -0.4 is 5.32 Å². The molecule has 20 heavy (non-hydrogen) atoms. The van der Waals surface area contributed by atoms with Crippen LogP contribution in [-0.4, -0.2) is 17.8 Å². The zero-order valence-corrected chi connectivity index (χ0v) is 13.1. The molecule has 3 heteroatoms. The minimum atomic E-state index is 0.0250. The number of amides is 1. The lowest BCUT2D eigenvalue weighted by molar-refractivity contribution is 0.0943. The van der Waals surface area contributed by atoms with E-state index in [0.29, 0.717) is 11.8 Å². The fourth-order valence-electron chi connectivity index (χ4n) is 2.77. The molecule has 1 aromatic carbocycles. The predicted octanol–water partition coefficient (Wildman–Crippen LogP) is 4.34. The first-order valence-electron chi connectivity index (χ1n) is 7.58. The van der Waals surface area contributed by atoms with Crippen molar-refractivity contribution in [2.24, 2.45) is 5.92 Å². The molecule has 1 aliphatic carbocycles. The number of halogens is 1. The second-order valence-electron chi connectivity index (χ2n) is 6.12. The third-order valence-corrected chi connectivity index (χ3v) is 4.51. The van der Waals surface area contributed by atoms with Crippen molar-refractivity contribution in [3.63, 3.8) is 0 Å². The minimum absolute atomic E-state index is 0.0250. The monoisotopic (exact) mass is 293 g/mol. The van der Waals surface area contributed by atoms with Gasteiger partial charge in [0.2, 0.25) is 0 Å². The van der Waals surface area contributed by atoms with Gasteiger partial charge in [0.1, 0.15) is 0 Å². The molecule has 0 spiro atoms. The summed E-state index contributed by atoms with van der Waals surface area (Å²) in [7, 11) is 0. The number of hydrogen-bond donors (Lipinski definition) is 1. The summed E-state index contributed by atoms with van der Waals surface area (Å²) in [6.45, 7) is 5.05. The van der Waals surface area contributed by atoms with Gasteiger partial charge in [-0.15, -0.1) is 11.6 Å². The van der Waals surface area contributed by atoms with Crippen LogP contribution in [0.4, 0.5) is 0 Å². The molecule has 2 rings (SSSR count). The molecule has 2 atom stereocenters. The molecule has 1 saturated carbocycles. The van der Waals surface area contributed by atoms with E-state index >= 15 is 0 Å². The van der Waals surface area contributed by atoms with Gasteiger partial charge in [0.05, 0.1) is 0 Å². The van der Waals surface area contributed by atoms with E-state index in [2.05, 4.69) is 19.2 Å². The molecule has 0 saturated heterocycles. The Morgan fingerprint density at radius 1 is 1.30 bits per heavy atom. The Bertz CT molecular complexity index is 441. The van der Waals surface area contributed by atoms with E-state index in [4.69, 9.17) is 11.6 Å². The van der Waals surface area contributed by atoms with E-state index in [1.54, 1.807) is 0 Å². The Balaban J connectivity index is 1.85. The van der Waals surface area contributed by atoms with Crippen LogP contribution in [0, 0.1) is 5.92 Å². The van der Waals surface area contributed by atoms with Crippen molar-refractivity contribution in [2.45, 2.75) is 50.8 Å². The van der Waals surface area contributed by atoms with Gasteiger partial charge in [-0.1, -0.05) is 32.4 Å². The zero-order chi connectivity index (χ0) is 14.5. The molecule has 110 valence electrons. The number of alkyl halides is 1. The van der Waals surface area contributed by atoms with Crippen molar-refractivity contribution >= 4 is 17.5 Å². The molecule has 1 amide bonds. The van der Waals surface area contributed by atoms with Gasteiger partial charge in [0.15, 0.2) is 0 Å². The molecule has 0 aromatic heterocycles. The quantitative estimate of drug-likeness (QED) is 0.822. The zero-order valence-electron chi connectivity index (χ0n) is 12.4. The molecule has 1 N–H and O–H groups in total. The molecule has 0 bridgehead atoms. The molecule has 2 unspecified atom stereocenters. The Kier molecular flexibility index (Phi) is 5.47. The third-order valence-electron chi connectivity index (χ3n) is 4.11. The summed E-state index contributed by atoms with van der Waals surface area (Å²) >= 11 is 6.18. The van der Waals surface area contributed by atoms with Crippen LogP contribution in [0.25, 0.3) is 0 Å². The summed E-state index contributed by atoms with van der Waals surface area (Å²) in [6, 6.07) is 7.90. The number of nitrogens with one attached hydrogen (secondary N) is 1. The van der Waals surface area contributed by atoms with Gasteiger partial charge in [0, 0.05) is 17.5 Å². The maximum Gasteiger partial charge on any atom is 0.251 e. The van der Waals surface area contributed by atoms with Crippen LogP contribution >= 0.6 is 11.6 Å². The number of carbonyl (C=O) groups is 1. The topological polar surface area (TPSA) is 29.1 Å². The van der Waals surface area contributed by atoms with Crippen LogP contribution in [0.2, 0.25) is 0 Å². The summed E-state index contributed by atoms with van der Waals surface area (Å²) in [5.41, 5.74) is 2.01. The number of carbonyl (C=O) groups excluding carboxylic acids is 1. The summed E-state index contributed by atoms with van der Waals surface area (Å²) in [6.07, 6.45) is 4.49. The Hall–Kier alpha value is -1.02. The Morgan fingerprint density at radius 2 is 2.00 bits per heavy atom. The van der Waals surface area contributed by atoms with E-state index in [-0.39, 0.29) is 11.3 Å². The lowest BCUT2D eigenvalue weighted by Crippen LogP contribution is -2.32. The first-order valence-corrected chi connectivity index (χ1v) is 8.02. The lowest BCUT2D eigenvalue weighted by atomic mass is 9.89. The van der Waals surface area contributed by atoms with E-state index in [9.17, 15) is 4.79 Å². The fraction of sp³-hybridized carbons (Fsp3) is 0.588. The molecule has 0 heterocycles. The van der Waals surface area contributed by atoms with Gasteiger partial charge in [0.25, 0.3) is 5.91 Å². The van der Waals surface area contributed by atoms with E-state index in [1.807, 2.05) is 24.3 Å². The highest BCUT2D eigenvalue weighted by Gasteiger charge is 2.20. The van der Waals surface area contributed by atoms with Crippen LogP contribution in [0.5, 0.6) is 0 Å². The van der Waals surface area contributed by atoms with Crippen molar-refractivity contribution < 1.29 is 4.79 Å². The van der Waals surface area contributed by atoms with Gasteiger partial charge < -0.3 is 5.32 Å². The molecular formula is C17H24ClNO. The standard InChI is InChI=1S/C17H24ClNO/c1-12(2)14-6-8-15(9-7-14)17(20)19-11-13-4-3-5-16(18)10-13/h6-9,12-13,16H,3-5,10-11H2,1-2H3,(H,19,20). The van der Waals surface area contributed by atoms with Crippen LogP contribution in [0.15, 0.2) is 24.3 Å². The summed E-state index contributed by atoms with van der Waals surface area (Å²) in [5, 5.41) is 3.33. The van der Waals surface area contributed by atoms with Crippen molar-refractivity contribution in [1.82, 2.24) is 5.32 Å². The maximum atomic E-state index is 12.1. The largest absolute Gasteiger partial charge is 0.352 e. The first-order chi connectivity index (χ1) is 9.56. The molecule has 1 aromatic rings. The average molecular weight is 294 g/mol. The van der Waals surface area contributed by atoms with E-state index in [0.717, 1.165) is 24.9 Å². The van der Waals surface area contributed by atoms with Crippen molar-refractivity contribution in [2.75, 3.05) is 6.54 Å². The third kappa shape index (κ3) is 4.24. The second kappa shape index (κ2) is 7.12. The number of benzene rings is 1. The Labute approximate surface area is 126 Å². The van der Waals surface area contributed by atoms with Crippen molar-refractivity contribution in [3.05, 3.63) is 35.4 Å². The predicted molar refractivity (Wildman–Crippen MR) is 84.5 cm³/mol. The highest BCUT2D eigenvalue weighted by molar-refractivity contribution is 6.20. The van der Waals surface area contributed by atoms with Gasteiger partial charge in [-0.3, -0.25) is 4.79 Å². The van der Waals surface area contributed by atoms with E-state index in [1.165, 1.54) is 18.4 Å². The average Bonchev–Trinajstić information content (AvgIpc) is 2.45. The fourth-order valence-corrected chi connectivity index (χ4v) is 3.18. The number of hydrogen-bond acceptors (Lipinski definition) is 1. The molecule has 1 aliphatic rings. The summed E-state index contributed by atoms with van der Waals surface area (Å²) in [5.74, 6) is 1.05. The molecule has 0 aliphatic heterocycles. The molecule has 2 nitrogen and oxygen atoms in total. The van der Waals surface area contributed by atoms with Gasteiger partial charge in [-0.25, -0.2) is 0 Å². The van der Waals surface area contributed by atoms with Crippen LogP contribution in [0.1, 0.15) is 61.4 Å². The highest BCUT2D eigenvalue weighted by Crippen LogP contribution is 2.27. The van der Waals surface area contributed by atoms with Gasteiger partial charge in [-0.2, -0.15) is 0 Å². The van der Waals surface area contributed by atoms with Crippen LogP contribution in [-0.2, 0) is 0 Å². The smallest absolute Gasteiger partial charge is 0.251 e. The lowest BCUT2D eigenvalue weighted by Gasteiger charge is -2.25. The SMILES string of the molecule is CC(C)c1ccc(C(=O)NCC2CCCC(Cl)C2)cc1. The summed E-state index contributed by atoms with van der Waals surface area (Å²) in [4.78, 5) is 12.1. The normalized spacial score (nSPS) is 22.8. The summed E-state index contributed by atoms with van der Waals surface area (Å²) < 4.78 is 0.